The molecule has 0 bridgehead atoms. The maximum absolute atomic E-state index is 13.4. The van der Waals surface area contributed by atoms with E-state index < -0.39 is 0 Å². The number of carbonyl (C=O) groups excluding carboxylic acids is 1. The topological polar surface area (TPSA) is 17.1 Å². The van der Waals surface area contributed by atoms with E-state index in [0.29, 0.717) is 29.5 Å². The molecule has 2 unspecified atom stereocenters. The van der Waals surface area contributed by atoms with E-state index >= 15 is 0 Å². The smallest absolute Gasteiger partial charge is 0.134 e. The summed E-state index contributed by atoms with van der Waals surface area (Å²) < 4.78 is 0. The lowest BCUT2D eigenvalue weighted by atomic mass is 9.68. The highest BCUT2D eigenvalue weighted by atomic mass is 16.1. The molecule has 30 heavy (non-hydrogen) atoms. The molecule has 0 aromatic heterocycles. The van der Waals surface area contributed by atoms with Gasteiger partial charge in [0.05, 0.1) is 0 Å². The van der Waals surface area contributed by atoms with E-state index in [1.807, 2.05) is 0 Å². The van der Waals surface area contributed by atoms with E-state index in [0.717, 1.165) is 12.8 Å². The summed E-state index contributed by atoms with van der Waals surface area (Å²) in [7, 11) is 0. The van der Waals surface area contributed by atoms with Crippen molar-refractivity contribution in [2.45, 2.75) is 90.9 Å². The van der Waals surface area contributed by atoms with Gasteiger partial charge in [-0.05, 0) is 110 Å². The third-order valence-electron chi connectivity index (χ3n) is 8.25. The highest BCUT2D eigenvalue weighted by Crippen LogP contribution is 2.45. The first kappa shape index (κ1) is 21.3. The second kappa shape index (κ2) is 9.08. The largest absolute Gasteiger partial charge is 0.300 e. The van der Waals surface area contributed by atoms with Gasteiger partial charge in [0.15, 0.2) is 0 Å². The van der Waals surface area contributed by atoms with Gasteiger partial charge in [0.25, 0.3) is 0 Å². The summed E-state index contributed by atoms with van der Waals surface area (Å²) in [5.41, 5.74) is 8.18. The molecule has 4 rings (SSSR count). The van der Waals surface area contributed by atoms with Gasteiger partial charge in [-0.1, -0.05) is 49.2 Å². The molecule has 0 radical (unpaired) electrons. The maximum Gasteiger partial charge on any atom is 0.134 e. The van der Waals surface area contributed by atoms with Crippen LogP contribution in [-0.4, -0.2) is 5.78 Å². The number of ketones is 1. The molecule has 2 aromatic carbocycles. The molecule has 2 atom stereocenters. The minimum absolute atomic E-state index is 0.410. The molecule has 2 saturated carbocycles. The highest BCUT2D eigenvalue weighted by molar-refractivity contribution is 5.80. The van der Waals surface area contributed by atoms with Crippen LogP contribution in [0.2, 0.25) is 0 Å². The van der Waals surface area contributed by atoms with Crippen molar-refractivity contribution in [3.8, 4) is 0 Å². The van der Waals surface area contributed by atoms with E-state index in [-0.39, 0.29) is 0 Å². The minimum Gasteiger partial charge on any atom is -0.300 e. The van der Waals surface area contributed by atoms with Crippen molar-refractivity contribution in [1.29, 1.82) is 0 Å². The zero-order valence-electron chi connectivity index (χ0n) is 19.3. The van der Waals surface area contributed by atoms with Gasteiger partial charge >= 0.3 is 0 Å². The highest BCUT2D eigenvalue weighted by Gasteiger charge is 2.34. The van der Waals surface area contributed by atoms with Crippen molar-refractivity contribution in [3.63, 3.8) is 0 Å². The lowest BCUT2D eigenvalue weighted by Gasteiger charge is -2.36. The van der Waals surface area contributed by atoms with Gasteiger partial charge in [-0.25, -0.2) is 0 Å². The Labute approximate surface area is 183 Å². The summed E-state index contributed by atoms with van der Waals surface area (Å²) in [5, 5.41) is 0. The van der Waals surface area contributed by atoms with Crippen LogP contribution in [0.1, 0.15) is 96.6 Å². The second-order valence-electron chi connectivity index (χ2n) is 10.2. The Morgan fingerprint density at radius 1 is 0.700 bits per heavy atom. The molecule has 0 aliphatic heterocycles. The molecule has 0 spiro atoms. The van der Waals surface area contributed by atoms with E-state index in [1.54, 1.807) is 0 Å². The van der Waals surface area contributed by atoms with Crippen molar-refractivity contribution in [3.05, 3.63) is 69.8 Å². The zero-order valence-corrected chi connectivity index (χ0v) is 19.3. The summed E-state index contributed by atoms with van der Waals surface area (Å²) >= 11 is 0. The van der Waals surface area contributed by atoms with E-state index in [2.05, 4.69) is 64.1 Å². The first-order chi connectivity index (χ1) is 14.4. The molecule has 2 fully saturated rings. The second-order valence-corrected chi connectivity index (χ2v) is 10.2. The van der Waals surface area contributed by atoms with Crippen LogP contribution in [0.15, 0.2) is 36.4 Å². The Bertz CT molecular complexity index is 827. The van der Waals surface area contributed by atoms with Gasteiger partial charge < -0.3 is 0 Å². The van der Waals surface area contributed by atoms with Crippen LogP contribution in [0.3, 0.4) is 0 Å². The van der Waals surface area contributed by atoms with Crippen LogP contribution >= 0.6 is 0 Å². The molecule has 2 aliphatic carbocycles. The fourth-order valence-corrected chi connectivity index (χ4v) is 5.36. The molecule has 0 heterocycles. The van der Waals surface area contributed by atoms with E-state index in [1.165, 1.54) is 71.9 Å². The Balaban J connectivity index is 1.52. The predicted molar refractivity (Wildman–Crippen MR) is 126 cm³/mol. The average Bonchev–Trinajstić information content (AvgIpc) is 2.62. The maximum atomic E-state index is 13.4. The summed E-state index contributed by atoms with van der Waals surface area (Å²) in [6.07, 6.45) is 9.24. The van der Waals surface area contributed by atoms with Crippen LogP contribution in [-0.2, 0) is 4.79 Å². The summed E-state index contributed by atoms with van der Waals surface area (Å²) in [6.45, 7) is 8.75. The Kier molecular flexibility index (Phi) is 6.46. The quantitative estimate of drug-likeness (QED) is 0.441. The van der Waals surface area contributed by atoms with Crippen LogP contribution in [0, 0.1) is 39.5 Å². The monoisotopic (exact) mass is 402 g/mol. The molecule has 0 saturated heterocycles. The fourth-order valence-electron chi connectivity index (χ4n) is 5.36. The SMILES string of the molecule is Cc1ccc(C(CC(=O)CC(c2ccc(C)c(C)c2)C2CCC2)C2CCC2)cc1C. The molecule has 2 aromatic rings. The van der Waals surface area contributed by atoms with E-state index in [9.17, 15) is 4.79 Å². The standard InChI is InChI=1S/C29H38O/c1-19-11-13-25(15-21(19)3)28(23-7-5-8-23)17-27(30)18-29(24-9-6-10-24)26-14-12-20(2)22(4)16-26/h11-16,23-24,28-29H,5-10,17-18H2,1-4H3. The third kappa shape index (κ3) is 4.56. The summed E-state index contributed by atoms with van der Waals surface area (Å²) in [6, 6.07) is 13.7. The van der Waals surface area contributed by atoms with Crippen molar-refractivity contribution in [1.82, 2.24) is 0 Å². The molecular formula is C29H38O. The summed E-state index contributed by atoms with van der Waals surface area (Å²) in [4.78, 5) is 13.4. The molecule has 0 N–H and O–H groups in total. The Hall–Kier alpha value is -1.89. The fraction of sp³-hybridized carbons (Fsp3) is 0.552. The van der Waals surface area contributed by atoms with Gasteiger partial charge in [0.2, 0.25) is 0 Å². The zero-order chi connectivity index (χ0) is 21.3. The number of Topliss-reactive ketones (excluding diaryl/α,β-unsaturated/α-hetero) is 1. The van der Waals surface area contributed by atoms with Gasteiger partial charge in [-0.15, -0.1) is 0 Å². The molecular weight excluding hydrogens is 364 g/mol. The molecule has 1 nitrogen and oxygen atoms in total. The lowest BCUT2D eigenvalue weighted by Crippen LogP contribution is -2.26. The molecule has 160 valence electrons. The van der Waals surface area contributed by atoms with Gasteiger partial charge in [0.1, 0.15) is 5.78 Å². The van der Waals surface area contributed by atoms with Crippen LogP contribution in [0.5, 0.6) is 0 Å². The summed E-state index contributed by atoms with van der Waals surface area (Å²) in [5.74, 6) is 2.68. The number of hydrogen-bond donors (Lipinski definition) is 0. The molecule has 0 amide bonds. The van der Waals surface area contributed by atoms with Crippen LogP contribution in [0.4, 0.5) is 0 Å². The predicted octanol–water partition coefficient (Wildman–Crippen LogP) is 7.74. The van der Waals surface area contributed by atoms with E-state index in [4.69, 9.17) is 0 Å². The molecule has 1 heteroatoms. The normalized spacial score (nSPS) is 19.1. The Morgan fingerprint density at radius 2 is 1.10 bits per heavy atom. The first-order valence-electron chi connectivity index (χ1n) is 12.1. The van der Waals surface area contributed by atoms with Gasteiger partial charge in [-0.2, -0.15) is 0 Å². The van der Waals surface area contributed by atoms with Crippen molar-refractivity contribution >= 4 is 5.78 Å². The number of aryl methyl sites for hydroxylation is 4. The van der Waals surface area contributed by atoms with Gasteiger partial charge in [-0.3, -0.25) is 4.79 Å². The third-order valence-corrected chi connectivity index (χ3v) is 8.25. The Morgan fingerprint density at radius 3 is 1.40 bits per heavy atom. The molecule has 2 aliphatic rings. The number of rotatable bonds is 8. The number of carbonyl (C=O) groups is 1. The van der Waals surface area contributed by atoms with Crippen LogP contribution < -0.4 is 0 Å². The number of benzene rings is 2. The van der Waals surface area contributed by atoms with Crippen molar-refractivity contribution in [2.75, 3.05) is 0 Å². The van der Waals surface area contributed by atoms with Gasteiger partial charge in [0, 0.05) is 12.8 Å². The van der Waals surface area contributed by atoms with Crippen molar-refractivity contribution < 1.29 is 4.79 Å². The first-order valence-corrected chi connectivity index (χ1v) is 12.1. The van der Waals surface area contributed by atoms with Crippen LogP contribution in [0.25, 0.3) is 0 Å². The van der Waals surface area contributed by atoms with Crippen molar-refractivity contribution in [2.24, 2.45) is 11.8 Å². The lowest BCUT2D eigenvalue weighted by molar-refractivity contribution is -0.120. The minimum atomic E-state index is 0.410. The number of hydrogen-bond acceptors (Lipinski definition) is 1. The average molecular weight is 403 g/mol.